The summed E-state index contributed by atoms with van der Waals surface area (Å²) in [7, 11) is 0. The molecule has 0 unspecified atom stereocenters. The molecule has 4 heteroatoms. The van der Waals surface area contributed by atoms with Crippen molar-refractivity contribution in [3.8, 4) is 0 Å². The van der Waals surface area contributed by atoms with Gasteiger partial charge in [-0.1, -0.05) is 19.9 Å². The fourth-order valence-electron chi connectivity index (χ4n) is 0.916. The van der Waals surface area contributed by atoms with Crippen LogP contribution < -0.4 is 0 Å². The maximum Gasteiger partial charge on any atom is 0.331 e. The predicted molar refractivity (Wildman–Crippen MR) is 52.0 cm³/mol. The summed E-state index contributed by atoms with van der Waals surface area (Å²) in [5.74, 6) is -1.61. The standard InChI is InChI=1S/C10H16O4/c1-7(2)3-4-8(10(13)14)5-6-9(11)12/h4,7H,3,5-6H2,1-2H3,(H,11,12)(H,13,14). The highest BCUT2D eigenvalue weighted by Gasteiger charge is 2.09. The van der Waals surface area contributed by atoms with Crippen LogP contribution >= 0.6 is 0 Å². The van der Waals surface area contributed by atoms with Crippen molar-refractivity contribution in [1.82, 2.24) is 0 Å². The number of aliphatic carboxylic acids is 2. The van der Waals surface area contributed by atoms with Crippen LogP contribution in [0.4, 0.5) is 0 Å². The van der Waals surface area contributed by atoms with Crippen molar-refractivity contribution in [1.29, 1.82) is 0 Å². The lowest BCUT2D eigenvalue weighted by molar-refractivity contribution is -0.137. The summed E-state index contributed by atoms with van der Waals surface area (Å²) in [6, 6.07) is 0. The SMILES string of the molecule is CC(C)CC=C(CCC(=O)O)C(=O)O. The first-order chi connectivity index (χ1) is 6.43. The second-order valence-electron chi connectivity index (χ2n) is 3.56. The number of carboxylic acid groups (broad SMARTS) is 2. The highest BCUT2D eigenvalue weighted by molar-refractivity contribution is 5.87. The molecule has 0 spiro atoms. The largest absolute Gasteiger partial charge is 0.481 e. The van der Waals surface area contributed by atoms with Gasteiger partial charge in [-0.2, -0.15) is 0 Å². The fraction of sp³-hybridized carbons (Fsp3) is 0.600. The number of hydrogen-bond acceptors (Lipinski definition) is 2. The average Bonchev–Trinajstić information content (AvgIpc) is 2.02. The zero-order chi connectivity index (χ0) is 11.1. The van der Waals surface area contributed by atoms with Gasteiger partial charge in [0, 0.05) is 12.0 Å². The molecule has 0 aliphatic rings. The topological polar surface area (TPSA) is 74.6 Å². The Morgan fingerprint density at radius 2 is 1.79 bits per heavy atom. The summed E-state index contributed by atoms with van der Waals surface area (Å²) < 4.78 is 0. The lowest BCUT2D eigenvalue weighted by Gasteiger charge is -2.02. The first-order valence-corrected chi connectivity index (χ1v) is 4.57. The molecule has 0 aliphatic heterocycles. The third-order valence-corrected chi connectivity index (χ3v) is 1.72. The van der Waals surface area contributed by atoms with Crippen LogP contribution in [0.5, 0.6) is 0 Å². The van der Waals surface area contributed by atoms with E-state index in [1.165, 1.54) is 0 Å². The van der Waals surface area contributed by atoms with Gasteiger partial charge in [-0.05, 0) is 18.8 Å². The van der Waals surface area contributed by atoms with Crippen molar-refractivity contribution < 1.29 is 19.8 Å². The molecule has 0 fully saturated rings. The van der Waals surface area contributed by atoms with Crippen LogP contribution in [0, 0.1) is 5.92 Å². The summed E-state index contributed by atoms with van der Waals surface area (Å²) in [6.45, 7) is 3.96. The van der Waals surface area contributed by atoms with Crippen LogP contribution in [0.3, 0.4) is 0 Å². The average molecular weight is 200 g/mol. The van der Waals surface area contributed by atoms with Gasteiger partial charge in [0.15, 0.2) is 0 Å². The minimum absolute atomic E-state index is 0.0946. The van der Waals surface area contributed by atoms with E-state index in [4.69, 9.17) is 10.2 Å². The molecule has 0 amide bonds. The highest BCUT2D eigenvalue weighted by atomic mass is 16.4. The predicted octanol–water partition coefficient (Wildman–Crippen LogP) is 1.91. The first-order valence-electron chi connectivity index (χ1n) is 4.57. The van der Waals surface area contributed by atoms with Crippen LogP contribution in [-0.4, -0.2) is 22.2 Å². The molecule has 2 N–H and O–H groups in total. The second kappa shape index (κ2) is 6.18. The maximum atomic E-state index is 10.7. The van der Waals surface area contributed by atoms with Gasteiger partial charge in [0.2, 0.25) is 0 Å². The van der Waals surface area contributed by atoms with E-state index >= 15 is 0 Å². The van der Waals surface area contributed by atoms with E-state index in [2.05, 4.69) is 0 Å². The Morgan fingerprint density at radius 1 is 1.21 bits per heavy atom. The molecule has 4 nitrogen and oxygen atoms in total. The van der Waals surface area contributed by atoms with Gasteiger partial charge in [-0.15, -0.1) is 0 Å². The summed E-state index contributed by atoms with van der Waals surface area (Å²) >= 11 is 0. The van der Waals surface area contributed by atoms with Gasteiger partial charge in [-0.3, -0.25) is 4.79 Å². The van der Waals surface area contributed by atoms with Gasteiger partial charge in [0.05, 0.1) is 0 Å². The van der Waals surface area contributed by atoms with E-state index < -0.39 is 11.9 Å². The van der Waals surface area contributed by atoms with Crippen LogP contribution in [0.2, 0.25) is 0 Å². The summed E-state index contributed by atoms with van der Waals surface area (Å²) in [5.41, 5.74) is 0.195. The summed E-state index contributed by atoms with van der Waals surface area (Å²) in [6.07, 6.45) is 2.24. The van der Waals surface area contributed by atoms with E-state index in [9.17, 15) is 9.59 Å². The molecule has 0 saturated carbocycles. The zero-order valence-electron chi connectivity index (χ0n) is 8.49. The fourth-order valence-corrected chi connectivity index (χ4v) is 0.916. The van der Waals surface area contributed by atoms with Crippen molar-refractivity contribution in [2.75, 3.05) is 0 Å². The molecule has 14 heavy (non-hydrogen) atoms. The Bertz CT molecular complexity index is 241. The lowest BCUT2D eigenvalue weighted by atomic mass is 10.0. The number of rotatable bonds is 6. The van der Waals surface area contributed by atoms with Gasteiger partial charge in [-0.25, -0.2) is 4.79 Å². The maximum absolute atomic E-state index is 10.7. The lowest BCUT2D eigenvalue weighted by Crippen LogP contribution is -2.04. The quantitative estimate of drug-likeness (QED) is 0.642. The molecule has 0 rings (SSSR count). The summed E-state index contributed by atoms with van der Waals surface area (Å²) in [5, 5.41) is 17.1. The molecular formula is C10H16O4. The molecule has 0 atom stereocenters. The van der Waals surface area contributed by atoms with E-state index in [1.807, 2.05) is 13.8 Å². The smallest absolute Gasteiger partial charge is 0.331 e. The third-order valence-electron chi connectivity index (χ3n) is 1.72. The summed E-state index contributed by atoms with van der Waals surface area (Å²) in [4.78, 5) is 20.9. The molecule has 0 radical (unpaired) electrons. The van der Waals surface area contributed by atoms with Crippen molar-refractivity contribution in [3.05, 3.63) is 11.6 Å². The van der Waals surface area contributed by atoms with Crippen molar-refractivity contribution in [2.24, 2.45) is 5.92 Å². The van der Waals surface area contributed by atoms with Crippen molar-refractivity contribution in [2.45, 2.75) is 33.1 Å². The molecule has 0 aliphatic carbocycles. The zero-order valence-corrected chi connectivity index (χ0v) is 8.49. The Kier molecular flexibility index (Phi) is 5.60. The number of carbonyl (C=O) groups is 2. The first kappa shape index (κ1) is 12.7. The molecule has 0 bridgehead atoms. The molecule has 80 valence electrons. The van der Waals surface area contributed by atoms with Gasteiger partial charge in [0.1, 0.15) is 0 Å². The minimum Gasteiger partial charge on any atom is -0.481 e. The molecule has 0 aromatic rings. The highest BCUT2D eigenvalue weighted by Crippen LogP contribution is 2.10. The van der Waals surface area contributed by atoms with Crippen molar-refractivity contribution in [3.63, 3.8) is 0 Å². The molecule has 0 saturated heterocycles. The van der Waals surface area contributed by atoms with E-state index in [-0.39, 0.29) is 18.4 Å². The Balaban J connectivity index is 4.22. The van der Waals surface area contributed by atoms with Crippen LogP contribution in [0.25, 0.3) is 0 Å². The monoisotopic (exact) mass is 200 g/mol. The van der Waals surface area contributed by atoms with Gasteiger partial charge >= 0.3 is 11.9 Å². The third kappa shape index (κ3) is 6.22. The Labute approximate surface area is 83.2 Å². The Hall–Kier alpha value is -1.32. The number of allylic oxidation sites excluding steroid dienone is 1. The van der Waals surface area contributed by atoms with Crippen LogP contribution in [-0.2, 0) is 9.59 Å². The molecule has 0 aromatic heterocycles. The minimum atomic E-state index is -1.02. The molecule has 0 aromatic carbocycles. The second-order valence-corrected chi connectivity index (χ2v) is 3.56. The van der Waals surface area contributed by atoms with Crippen molar-refractivity contribution >= 4 is 11.9 Å². The number of hydrogen-bond donors (Lipinski definition) is 2. The van der Waals surface area contributed by atoms with E-state index in [1.54, 1.807) is 6.08 Å². The Morgan fingerprint density at radius 3 is 2.14 bits per heavy atom. The van der Waals surface area contributed by atoms with Crippen LogP contribution in [0.1, 0.15) is 33.1 Å². The van der Waals surface area contributed by atoms with Gasteiger partial charge in [0.25, 0.3) is 0 Å². The molecule has 0 heterocycles. The normalized spacial score (nSPS) is 11.8. The van der Waals surface area contributed by atoms with Gasteiger partial charge < -0.3 is 10.2 Å². The van der Waals surface area contributed by atoms with Crippen LogP contribution in [0.15, 0.2) is 11.6 Å². The molecular weight excluding hydrogens is 184 g/mol. The van der Waals surface area contributed by atoms with E-state index in [0.29, 0.717) is 12.3 Å². The number of carboxylic acids is 2. The van der Waals surface area contributed by atoms with E-state index in [0.717, 1.165) is 0 Å².